The largest absolute Gasteiger partial charge is 0.491 e. The normalized spacial score (nSPS) is 15.9. The van der Waals surface area contributed by atoms with Crippen molar-refractivity contribution < 1.29 is 35.9 Å². The zero-order valence-electron chi connectivity index (χ0n) is 17.4. The number of rotatable bonds is 3. The van der Waals surface area contributed by atoms with Crippen LogP contribution < -0.4 is 10.5 Å². The van der Waals surface area contributed by atoms with E-state index in [-0.39, 0.29) is 28.5 Å². The van der Waals surface area contributed by atoms with Gasteiger partial charge in [0.15, 0.2) is 5.65 Å². The van der Waals surface area contributed by atoms with Crippen LogP contribution in [-0.4, -0.2) is 49.7 Å². The highest BCUT2D eigenvalue weighted by molar-refractivity contribution is 6.01. The predicted molar refractivity (Wildman–Crippen MR) is 109 cm³/mol. The van der Waals surface area contributed by atoms with Gasteiger partial charge in [-0.15, -0.1) is 10.2 Å². The van der Waals surface area contributed by atoms with Crippen molar-refractivity contribution in [2.45, 2.75) is 18.4 Å². The Balaban J connectivity index is 1.56. The Bertz CT molecular complexity index is 1460. The number of amides is 1. The maximum atomic E-state index is 13.5. The van der Waals surface area contributed by atoms with E-state index < -0.39 is 43.0 Å². The topological polar surface area (TPSA) is 98.6 Å². The van der Waals surface area contributed by atoms with Gasteiger partial charge in [0.1, 0.15) is 25.2 Å². The van der Waals surface area contributed by atoms with E-state index in [0.29, 0.717) is 21.9 Å². The molecule has 1 unspecified atom stereocenters. The third-order valence-corrected chi connectivity index (χ3v) is 5.60. The number of benzene rings is 2. The highest BCUT2D eigenvalue weighted by atomic mass is 19.4. The van der Waals surface area contributed by atoms with E-state index >= 15 is 0 Å². The summed E-state index contributed by atoms with van der Waals surface area (Å²) in [6, 6.07) is 5.24. The fourth-order valence-corrected chi connectivity index (χ4v) is 4.02. The molecule has 0 saturated heterocycles. The summed E-state index contributed by atoms with van der Waals surface area (Å²) >= 11 is 0. The fourth-order valence-electron chi connectivity index (χ4n) is 4.02. The van der Waals surface area contributed by atoms with Gasteiger partial charge in [0, 0.05) is 16.5 Å². The van der Waals surface area contributed by atoms with Crippen molar-refractivity contribution in [3.8, 4) is 5.75 Å². The molecule has 4 aromatic rings. The van der Waals surface area contributed by atoms with E-state index in [1.807, 2.05) is 0 Å². The zero-order valence-corrected chi connectivity index (χ0v) is 17.4. The van der Waals surface area contributed by atoms with Crippen LogP contribution >= 0.6 is 0 Å². The average Bonchev–Trinajstić information content (AvgIpc) is 3.43. The van der Waals surface area contributed by atoms with E-state index in [4.69, 9.17) is 10.5 Å². The highest BCUT2D eigenvalue weighted by Gasteiger charge is 2.41. The van der Waals surface area contributed by atoms with Crippen LogP contribution in [0.3, 0.4) is 0 Å². The first-order valence-corrected chi connectivity index (χ1v) is 10.0. The first-order valence-electron chi connectivity index (χ1n) is 10.0. The molecule has 0 fully saturated rings. The minimum atomic E-state index is -4.78. The molecule has 182 valence electrons. The summed E-state index contributed by atoms with van der Waals surface area (Å²) in [4.78, 5) is 18.0. The quantitative estimate of drug-likeness (QED) is 0.431. The van der Waals surface area contributed by atoms with E-state index in [0.717, 1.165) is 12.1 Å². The van der Waals surface area contributed by atoms with Gasteiger partial charge in [-0.2, -0.15) is 26.3 Å². The second-order valence-corrected chi connectivity index (χ2v) is 7.85. The number of fused-ring (bicyclic) bond motifs is 4. The van der Waals surface area contributed by atoms with Gasteiger partial charge in [-0.25, -0.2) is 4.98 Å². The fraction of sp³-hybridized carbons (Fsp3) is 0.238. The summed E-state index contributed by atoms with van der Waals surface area (Å²) in [6.07, 6.45) is -8.14. The van der Waals surface area contributed by atoms with Gasteiger partial charge in [-0.05, 0) is 30.3 Å². The number of hydrogen-bond donors (Lipinski definition) is 1. The molecule has 0 saturated carbocycles. The van der Waals surface area contributed by atoms with Gasteiger partial charge in [-0.3, -0.25) is 9.20 Å². The monoisotopic (exact) mass is 496 g/mol. The lowest BCUT2D eigenvalue weighted by molar-refractivity contribution is -0.145. The number of aromatic nitrogens is 4. The molecule has 0 bridgehead atoms. The molecule has 0 aliphatic carbocycles. The lowest BCUT2D eigenvalue weighted by Crippen LogP contribution is -2.42. The van der Waals surface area contributed by atoms with Crippen LogP contribution in [-0.2, 0) is 6.18 Å². The number of nitrogens with zero attached hydrogens (tertiary/aromatic N) is 5. The van der Waals surface area contributed by atoms with Crippen LogP contribution in [0, 0.1) is 0 Å². The van der Waals surface area contributed by atoms with Gasteiger partial charge < -0.3 is 15.4 Å². The lowest BCUT2D eigenvalue weighted by Gasteiger charge is -2.29. The van der Waals surface area contributed by atoms with Crippen LogP contribution in [0.4, 0.5) is 32.3 Å². The lowest BCUT2D eigenvalue weighted by atomic mass is 10.0. The molecule has 3 heterocycles. The summed E-state index contributed by atoms with van der Waals surface area (Å²) in [6.45, 7) is -2.07. The molecule has 0 spiro atoms. The molecule has 2 aromatic heterocycles. The number of alkyl halides is 6. The standard InChI is InChI=1S/C21H14F6N6O2/c22-20(23,24)8-32(15-7-35-16-6-11(21(25,26)27)2-3-12(15)16)18(34)10-1-4-14-13(5-10)17-31-29-9-33(17)19(28)30-14/h1-6,9,15H,7-8H2,(H2,28,30). The molecule has 2 aromatic carbocycles. The van der Waals surface area contributed by atoms with Crippen molar-refractivity contribution in [3.63, 3.8) is 0 Å². The first-order chi connectivity index (χ1) is 16.4. The van der Waals surface area contributed by atoms with Gasteiger partial charge in [0.05, 0.1) is 17.1 Å². The molecule has 35 heavy (non-hydrogen) atoms. The molecule has 8 nitrogen and oxygen atoms in total. The number of anilines is 1. The van der Waals surface area contributed by atoms with Crippen molar-refractivity contribution in [3.05, 3.63) is 59.4 Å². The summed E-state index contributed by atoms with van der Waals surface area (Å²) < 4.78 is 86.1. The van der Waals surface area contributed by atoms with E-state index in [1.165, 1.54) is 28.9 Å². The number of nitrogens with two attached hydrogens (primary N) is 1. The maximum absolute atomic E-state index is 13.5. The molecule has 5 rings (SSSR count). The van der Waals surface area contributed by atoms with Crippen LogP contribution in [0.2, 0.25) is 0 Å². The van der Waals surface area contributed by atoms with E-state index in [1.54, 1.807) is 0 Å². The smallest absolute Gasteiger partial charge is 0.416 e. The molecular formula is C21H14F6N6O2. The Morgan fingerprint density at radius 3 is 2.63 bits per heavy atom. The van der Waals surface area contributed by atoms with Crippen molar-refractivity contribution in [1.29, 1.82) is 0 Å². The maximum Gasteiger partial charge on any atom is 0.416 e. The Hall–Kier alpha value is -4.10. The second kappa shape index (κ2) is 7.71. The third kappa shape index (κ3) is 4.04. The Morgan fingerprint density at radius 1 is 1.14 bits per heavy atom. The van der Waals surface area contributed by atoms with Crippen LogP contribution in [0.1, 0.15) is 27.5 Å². The molecule has 0 radical (unpaired) electrons. The summed E-state index contributed by atoms with van der Waals surface area (Å²) in [5.41, 5.74) is 5.35. The van der Waals surface area contributed by atoms with Gasteiger partial charge in [-0.1, -0.05) is 6.07 Å². The van der Waals surface area contributed by atoms with Crippen molar-refractivity contribution in [2.24, 2.45) is 0 Å². The van der Waals surface area contributed by atoms with Gasteiger partial charge in [0.2, 0.25) is 5.95 Å². The SMILES string of the molecule is Nc1nc2ccc(C(=O)N(CC(F)(F)F)C3COc4cc(C(F)(F)F)ccc43)cc2c2nncn12. The van der Waals surface area contributed by atoms with Gasteiger partial charge in [0.25, 0.3) is 5.91 Å². The van der Waals surface area contributed by atoms with Crippen LogP contribution in [0.15, 0.2) is 42.7 Å². The summed E-state index contributed by atoms with van der Waals surface area (Å²) in [5, 5.41) is 7.99. The number of nitrogen functional groups attached to an aromatic ring is 1. The molecule has 1 aliphatic heterocycles. The van der Waals surface area contributed by atoms with Crippen LogP contribution in [0.25, 0.3) is 16.6 Å². The Labute approximate surface area is 191 Å². The number of carbonyl (C=O) groups excluding carboxylic acids is 1. The van der Waals surface area contributed by atoms with Crippen LogP contribution in [0.5, 0.6) is 5.75 Å². The molecule has 1 atom stereocenters. The zero-order chi connectivity index (χ0) is 25.1. The van der Waals surface area contributed by atoms with Crippen molar-refractivity contribution >= 4 is 28.4 Å². The molecule has 1 amide bonds. The molecule has 2 N–H and O–H groups in total. The molecule has 1 aliphatic rings. The Kier molecular flexibility index (Phi) is 5.00. The number of hydrogen-bond acceptors (Lipinski definition) is 6. The Morgan fingerprint density at radius 2 is 1.91 bits per heavy atom. The summed E-state index contributed by atoms with van der Waals surface area (Å²) in [5.74, 6) is -1.15. The van der Waals surface area contributed by atoms with Gasteiger partial charge >= 0.3 is 12.4 Å². The van der Waals surface area contributed by atoms with Crippen molar-refractivity contribution in [2.75, 3.05) is 18.9 Å². The average molecular weight is 496 g/mol. The molecule has 14 heteroatoms. The number of halogens is 6. The minimum absolute atomic E-state index is 0.0469. The van der Waals surface area contributed by atoms with Crippen molar-refractivity contribution in [1.82, 2.24) is 24.5 Å². The second-order valence-electron chi connectivity index (χ2n) is 7.85. The number of carbonyl (C=O) groups is 1. The first kappa shape index (κ1) is 22.7. The highest BCUT2D eigenvalue weighted by Crippen LogP contribution is 2.41. The van der Waals surface area contributed by atoms with E-state index in [9.17, 15) is 31.1 Å². The number of ether oxygens (including phenoxy) is 1. The predicted octanol–water partition coefficient (Wildman–Crippen LogP) is 4.02. The van der Waals surface area contributed by atoms with E-state index in [2.05, 4.69) is 15.2 Å². The minimum Gasteiger partial charge on any atom is -0.491 e. The third-order valence-electron chi connectivity index (χ3n) is 5.60. The molecular weight excluding hydrogens is 482 g/mol. The summed E-state index contributed by atoms with van der Waals surface area (Å²) in [7, 11) is 0.